The number of thiophene rings is 1. The van der Waals surface area contributed by atoms with E-state index in [1.54, 1.807) is 23.1 Å². The van der Waals surface area contributed by atoms with Crippen LogP contribution in [0.1, 0.15) is 23.0 Å². The molecule has 0 amide bonds. The molecular formula is C18H23NO2S2. The number of aliphatic hydroxyl groups excluding tert-OH is 1. The van der Waals surface area contributed by atoms with E-state index in [0.717, 1.165) is 31.0 Å². The van der Waals surface area contributed by atoms with Crippen LogP contribution in [0.3, 0.4) is 0 Å². The number of aliphatic hydroxyl groups is 1. The van der Waals surface area contributed by atoms with Crippen molar-refractivity contribution in [3.63, 3.8) is 0 Å². The van der Waals surface area contributed by atoms with E-state index in [9.17, 15) is 5.11 Å². The Bertz CT molecular complexity index is 603. The molecule has 124 valence electrons. The van der Waals surface area contributed by atoms with Gasteiger partial charge in [0, 0.05) is 28.9 Å². The molecule has 1 aromatic heterocycles. The van der Waals surface area contributed by atoms with Gasteiger partial charge in [-0.25, -0.2) is 0 Å². The smallest absolute Gasteiger partial charge is 0.0897 e. The van der Waals surface area contributed by atoms with Gasteiger partial charge in [0.2, 0.25) is 0 Å². The SMILES string of the molecule is CSc1ccccc1CN1CCOCC1CC(O)c1cccs1. The quantitative estimate of drug-likeness (QED) is 0.804. The lowest BCUT2D eigenvalue weighted by Crippen LogP contribution is -2.45. The van der Waals surface area contributed by atoms with Crippen LogP contribution in [0.15, 0.2) is 46.7 Å². The minimum Gasteiger partial charge on any atom is -0.388 e. The number of ether oxygens (including phenoxy) is 1. The standard InChI is InChI=1S/C18H23NO2S2/c1-22-17-6-3-2-5-14(17)12-19-8-9-21-13-15(19)11-16(20)18-7-4-10-23-18/h2-7,10,15-16,20H,8-9,11-13H2,1H3. The number of nitrogens with zero attached hydrogens (tertiary/aromatic N) is 1. The largest absolute Gasteiger partial charge is 0.388 e. The molecule has 2 heterocycles. The van der Waals surface area contributed by atoms with Crippen LogP contribution < -0.4 is 0 Å². The normalized spacial score (nSPS) is 20.5. The van der Waals surface area contributed by atoms with Gasteiger partial charge in [0.15, 0.2) is 0 Å². The molecule has 3 rings (SSSR count). The second-order valence-corrected chi connectivity index (χ2v) is 7.61. The van der Waals surface area contributed by atoms with Gasteiger partial charge in [-0.05, 0) is 35.8 Å². The highest BCUT2D eigenvalue weighted by Crippen LogP contribution is 2.28. The molecule has 23 heavy (non-hydrogen) atoms. The van der Waals surface area contributed by atoms with E-state index in [1.807, 2.05) is 17.5 Å². The van der Waals surface area contributed by atoms with Crippen molar-refractivity contribution in [1.82, 2.24) is 4.90 Å². The van der Waals surface area contributed by atoms with E-state index in [2.05, 4.69) is 35.4 Å². The summed E-state index contributed by atoms with van der Waals surface area (Å²) in [5.74, 6) is 0. The summed E-state index contributed by atoms with van der Waals surface area (Å²) in [6.07, 6.45) is 2.44. The van der Waals surface area contributed by atoms with E-state index < -0.39 is 6.10 Å². The Kier molecular flexibility index (Phi) is 6.14. The third-order valence-corrected chi connectivity index (χ3v) is 6.09. The first-order valence-electron chi connectivity index (χ1n) is 7.93. The number of hydrogen-bond donors (Lipinski definition) is 1. The van der Waals surface area contributed by atoms with Gasteiger partial charge in [-0.15, -0.1) is 23.1 Å². The van der Waals surface area contributed by atoms with Crippen LogP contribution in [0.4, 0.5) is 0 Å². The molecule has 0 aliphatic carbocycles. The molecule has 2 unspecified atom stereocenters. The Morgan fingerprint density at radius 1 is 1.35 bits per heavy atom. The zero-order chi connectivity index (χ0) is 16.1. The second-order valence-electron chi connectivity index (χ2n) is 5.78. The average Bonchev–Trinajstić information content (AvgIpc) is 3.12. The fourth-order valence-electron chi connectivity index (χ4n) is 3.02. The first kappa shape index (κ1) is 17.0. The van der Waals surface area contributed by atoms with Crippen LogP contribution in [0.5, 0.6) is 0 Å². The van der Waals surface area contributed by atoms with Gasteiger partial charge in [0.25, 0.3) is 0 Å². The third-order valence-electron chi connectivity index (χ3n) is 4.28. The number of thioether (sulfide) groups is 1. The predicted octanol–water partition coefficient (Wildman–Crippen LogP) is 3.79. The fraction of sp³-hybridized carbons (Fsp3) is 0.444. The molecule has 0 saturated carbocycles. The van der Waals surface area contributed by atoms with E-state index in [1.165, 1.54) is 10.5 Å². The molecule has 0 bridgehead atoms. The van der Waals surface area contributed by atoms with Crippen molar-refractivity contribution in [3.8, 4) is 0 Å². The zero-order valence-electron chi connectivity index (χ0n) is 13.4. The van der Waals surface area contributed by atoms with Crippen LogP contribution in [0, 0.1) is 0 Å². The van der Waals surface area contributed by atoms with E-state index >= 15 is 0 Å². The predicted molar refractivity (Wildman–Crippen MR) is 97.1 cm³/mol. The molecule has 0 spiro atoms. The Labute approximate surface area is 146 Å². The highest BCUT2D eigenvalue weighted by atomic mass is 32.2. The van der Waals surface area contributed by atoms with Gasteiger partial charge in [-0.1, -0.05) is 24.3 Å². The van der Waals surface area contributed by atoms with Gasteiger partial charge < -0.3 is 9.84 Å². The van der Waals surface area contributed by atoms with Gasteiger partial charge >= 0.3 is 0 Å². The van der Waals surface area contributed by atoms with Crippen LogP contribution in [0.2, 0.25) is 0 Å². The molecular weight excluding hydrogens is 326 g/mol. The third kappa shape index (κ3) is 4.37. The monoisotopic (exact) mass is 349 g/mol. The molecule has 0 radical (unpaired) electrons. The summed E-state index contributed by atoms with van der Waals surface area (Å²) in [7, 11) is 0. The minimum absolute atomic E-state index is 0.260. The fourth-order valence-corrected chi connectivity index (χ4v) is 4.36. The van der Waals surface area contributed by atoms with Crippen LogP contribution in [-0.4, -0.2) is 42.1 Å². The van der Waals surface area contributed by atoms with Gasteiger partial charge in [-0.2, -0.15) is 0 Å². The van der Waals surface area contributed by atoms with E-state index in [0.29, 0.717) is 6.61 Å². The Hall–Kier alpha value is -0.850. The van der Waals surface area contributed by atoms with Crippen molar-refractivity contribution in [2.45, 2.75) is 30.0 Å². The van der Waals surface area contributed by atoms with Crippen LogP contribution in [-0.2, 0) is 11.3 Å². The van der Waals surface area contributed by atoms with E-state index in [4.69, 9.17) is 4.74 Å². The molecule has 2 atom stereocenters. The minimum atomic E-state index is -0.403. The Balaban J connectivity index is 1.69. The topological polar surface area (TPSA) is 32.7 Å². The number of morpholine rings is 1. The van der Waals surface area contributed by atoms with Crippen molar-refractivity contribution in [1.29, 1.82) is 0 Å². The Morgan fingerprint density at radius 2 is 2.22 bits per heavy atom. The lowest BCUT2D eigenvalue weighted by molar-refractivity contribution is -0.0299. The molecule has 1 aromatic carbocycles. The van der Waals surface area contributed by atoms with Gasteiger partial charge in [-0.3, -0.25) is 4.90 Å². The second kappa shape index (κ2) is 8.31. The maximum absolute atomic E-state index is 10.5. The van der Waals surface area contributed by atoms with Crippen molar-refractivity contribution < 1.29 is 9.84 Å². The molecule has 1 N–H and O–H groups in total. The van der Waals surface area contributed by atoms with Gasteiger partial charge in [0.05, 0.1) is 19.3 Å². The maximum atomic E-state index is 10.5. The first-order valence-corrected chi connectivity index (χ1v) is 10.0. The summed E-state index contributed by atoms with van der Waals surface area (Å²) in [5.41, 5.74) is 1.36. The summed E-state index contributed by atoms with van der Waals surface area (Å²) in [6.45, 7) is 3.31. The lowest BCUT2D eigenvalue weighted by Gasteiger charge is -2.36. The van der Waals surface area contributed by atoms with Crippen molar-refractivity contribution >= 4 is 23.1 Å². The summed E-state index contributed by atoms with van der Waals surface area (Å²) in [4.78, 5) is 4.83. The number of rotatable bonds is 6. The Morgan fingerprint density at radius 3 is 3.00 bits per heavy atom. The highest BCUT2D eigenvalue weighted by Gasteiger charge is 2.26. The number of hydrogen-bond acceptors (Lipinski definition) is 5. The maximum Gasteiger partial charge on any atom is 0.0897 e. The molecule has 1 fully saturated rings. The number of benzene rings is 1. The van der Waals surface area contributed by atoms with E-state index in [-0.39, 0.29) is 6.04 Å². The zero-order valence-corrected chi connectivity index (χ0v) is 15.0. The molecule has 3 nitrogen and oxygen atoms in total. The molecule has 2 aromatic rings. The molecule has 1 aliphatic rings. The lowest BCUT2D eigenvalue weighted by atomic mass is 10.0. The molecule has 5 heteroatoms. The van der Waals surface area contributed by atoms with Crippen molar-refractivity contribution in [2.24, 2.45) is 0 Å². The summed E-state index contributed by atoms with van der Waals surface area (Å²) >= 11 is 3.41. The van der Waals surface area contributed by atoms with Crippen LogP contribution >= 0.6 is 23.1 Å². The molecule has 1 aliphatic heterocycles. The van der Waals surface area contributed by atoms with Crippen LogP contribution in [0.25, 0.3) is 0 Å². The van der Waals surface area contributed by atoms with Crippen molar-refractivity contribution in [2.75, 3.05) is 26.0 Å². The average molecular weight is 350 g/mol. The summed E-state index contributed by atoms with van der Waals surface area (Å²) in [6, 6.07) is 12.8. The first-order chi connectivity index (χ1) is 11.3. The van der Waals surface area contributed by atoms with Crippen molar-refractivity contribution in [3.05, 3.63) is 52.2 Å². The summed E-state index contributed by atoms with van der Waals surface area (Å²) < 4.78 is 5.67. The summed E-state index contributed by atoms with van der Waals surface area (Å²) in [5, 5.41) is 12.5. The highest BCUT2D eigenvalue weighted by molar-refractivity contribution is 7.98. The van der Waals surface area contributed by atoms with Gasteiger partial charge in [0.1, 0.15) is 0 Å². The molecule has 1 saturated heterocycles.